The first-order chi connectivity index (χ1) is 5.24. The van der Waals surface area contributed by atoms with Crippen molar-refractivity contribution in [3.05, 3.63) is 0 Å². The summed E-state index contributed by atoms with van der Waals surface area (Å²) in [6, 6.07) is -0.0410. The van der Waals surface area contributed by atoms with Gasteiger partial charge in [-0.2, -0.15) is 0 Å². The number of hydrogen-bond donors (Lipinski definition) is 1. The number of likely N-dealkylation sites (N-methyl/N-ethyl adjacent to an activating group) is 1. The summed E-state index contributed by atoms with van der Waals surface area (Å²) in [5, 5.41) is 0. The van der Waals surface area contributed by atoms with E-state index in [0.717, 1.165) is 32.7 Å². The Kier molecular flexibility index (Phi) is 2.84. The second kappa shape index (κ2) is 3.69. The molecular weight excluding hydrogens is 142 g/mol. The summed E-state index contributed by atoms with van der Waals surface area (Å²) in [6.45, 7) is 6.91. The zero-order valence-corrected chi connectivity index (χ0v) is 7.05. The molecule has 0 aromatic carbocycles. The van der Waals surface area contributed by atoms with Crippen molar-refractivity contribution in [2.45, 2.75) is 6.92 Å². The Morgan fingerprint density at radius 2 is 1.91 bits per heavy atom. The Bertz CT molecular complexity index is 141. The van der Waals surface area contributed by atoms with E-state index in [2.05, 4.69) is 17.6 Å². The first-order valence-electron chi connectivity index (χ1n) is 4.07. The lowest BCUT2D eigenvalue weighted by Gasteiger charge is -2.31. The van der Waals surface area contributed by atoms with Crippen LogP contribution < -0.4 is 5.73 Å². The molecule has 0 aliphatic carbocycles. The molecule has 4 heteroatoms. The summed E-state index contributed by atoms with van der Waals surface area (Å²) in [5.74, 6) is 0. The average Bonchev–Trinajstić information content (AvgIpc) is 2.05. The van der Waals surface area contributed by atoms with E-state index in [1.165, 1.54) is 0 Å². The molecule has 0 radical (unpaired) electrons. The summed E-state index contributed by atoms with van der Waals surface area (Å²) in [4.78, 5) is 14.9. The van der Waals surface area contributed by atoms with Crippen molar-refractivity contribution < 1.29 is 10.5 Å². The van der Waals surface area contributed by atoms with Gasteiger partial charge in [-0.25, -0.2) is 4.79 Å². The number of rotatable bonds is 1. The number of hydrogen-bond acceptors (Lipinski definition) is 2. The maximum atomic E-state index is 10.8. The smallest absolute Gasteiger partial charge is 0.300 e. The number of carbonyl (C=O) groups excluding carboxylic acids is 1. The van der Waals surface area contributed by atoms with Crippen LogP contribution in [-0.4, -0.2) is 48.6 Å². The summed E-state index contributed by atoms with van der Waals surface area (Å²) in [7, 11) is 0. The Labute approximate surface area is 66.9 Å². The van der Waals surface area contributed by atoms with Crippen LogP contribution in [0.4, 0.5) is 4.79 Å². The molecule has 1 aliphatic rings. The Balaban J connectivity index is 2.30. The molecule has 11 heavy (non-hydrogen) atoms. The van der Waals surface area contributed by atoms with Crippen LogP contribution in [-0.2, 0) is 0 Å². The van der Waals surface area contributed by atoms with Gasteiger partial charge in [0.1, 0.15) is 0 Å². The molecule has 1 heterocycles. The van der Waals surface area contributed by atoms with Crippen LogP contribution in [0.2, 0.25) is 0 Å². The Morgan fingerprint density at radius 1 is 1.36 bits per heavy atom. The second-order valence-corrected chi connectivity index (χ2v) is 2.82. The third-order valence-corrected chi connectivity index (χ3v) is 2.17. The normalized spacial score (nSPS) is 20.4. The second-order valence-electron chi connectivity index (χ2n) is 2.82. The molecule has 1 fully saturated rings. The van der Waals surface area contributed by atoms with Crippen LogP contribution in [0.5, 0.6) is 0 Å². The molecule has 64 valence electrons. The molecule has 3 N–H and O–H groups in total. The maximum absolute atomic E-state index is 10.8. The van der Waals surface area contributed by atoms with Crippen LogP contribution in [0.1, 0.15) is 6.92 Å². The van der Waals surface area contributed by atoms with Gasteiger partial charge < -0.3 is 4.90 Å². The van der Waals surface area contributed by atoms with E-state index in [1.54, 1.807) is 4.90 Å². The molecular formula is C7H16N3O+. The standard InChI is InChI=1S/C7H15N3O/c1-2-9-3-5-10(6-4-9)7(8)11/h2-6H2,1H3,(H2,8,11)/p+1. The molecule has 0 aromatic heterocycles. The van der Waals surface area contributed by atoms with Gasteiger partial charge in [-0.15, -0.1) is 0 Å². The molecule has 2 amide bonds. The zero-order valence-electron chi connectivity index (χ0n) is 7.05. The van der Waals surface area contributed by atoms with Gasteiger partial charge in [0.15, 0.2) is 0 Å². The quantitative estimate of drug-likeness (QED) is 0.531. The molecule has 4 nitrogen and oxygen atoms in total. The fraction of sp³-hybridized carbons (Fsp3) is 0.857. The summed E-state index contributed by atoms with van der Waals surface area (Å²) < 4.78 is 0. The molecule has 1 aliphatic heterocycles. The monoisotopic (exact) mass is 158 g/mol. The van der Waals surface area contributed by atoms with Gasteiger partial charge in [0.05, 0.1) is 0 Å². The van der Waals surface area contributed by atoms with Crippen molar-refractivity contribution in [1.29, 1.82) is 0 Å². The fourth-order valence-electron chi connectivity index (χ4n) is 1.31. The molecule has 0 saturated carbocycles. The lowest BCUT2D eigenvalue weighted by Crippen LogP contribution is -2.67. The molecule has 1 saturated heterocycles. The van der Waals surface area contributed by atoms with E-state index in [0.29, 0.717) is 0 Å². The van der Waals surface area contributed by atoms with Crippen molar-refractivity contribution in [2.24, 2.45) is 0 Å². The molecule has 0 bridgehead atoms. The van der Waals surface area contributed by atoms with E-state index in [-0.39, 0.29) is 6.03 Å². The van der Waals surface area contributed by atoms with Crippen LogP contribution >= 0.6 is 0 Å². The SMILES string of the molecule is CCN1CCN(C([NH3+])=O)CC1. The summed E-state index contributed by atoms with van der Waals surface area (Å²) in [6.07, 6.45) is 0. The van der Waals surface area contributed by atoms with Crippen molar-refractivity contribution >= 4 is 6.03 Å². The number of quaternary nitrogens is 1. The summed E-state index contributed by atoms with van der Waals surface area (Å²) in [5.41, 5.74) is 3.38. The van der Waals surface area contributed by atoms with Crippen LogP contribution in [0, 0.1) is 0 Å². The van der Waals surface area contributed by atoms with Crippen molar-refractivity contribution in [1.82, 2.24) is 9.80 Å². The van der Waals surface area contributed by atoms with Gasteiger partial charge in [-0.05, 0) is 6.54 Å². The predicted octanol–water partition coefficient (Wildman–Crippen LogP) is -1.01. The Hall–Kier alpha value is -0.610. The van der Waals surface area contributed by atoms with E-state index >= 15 is 0 Å². The zero-order chi connectivity index (χ0) is 8.27. The minimum absolute atomic E-state index is 0.0410. The number of urea groups is 1. The van der Waals surface area contributed by atoms with Gasteiger partial charge >= 0.3 is 6.03 Å². The van der Waals surface area contributed by atoms with Gasteiger partial charge in [0, 0.05) is 26.2 Å². The molecule has 0 spiro atoms. The number of piperazine rings is 1. The van der Waals surface area contributed by atoms with Gasteiger partial charge in [-0.1, -0.05) is 6.92 Å². The van der Waals surface area contributed by atoms with E-state index in [1.807, 2.05) is 0 Å². The maximum Gasteiger partial charge on any atom is 0.414 e. The lowest BCUT2D eigenvalue weighted by molar-refractivity contribution is -0.266. The van der Waals surface area contributed by atoms with Crippen molar-refractivity contribution in [3.63, 3.8) is 0 Å². The predicted molar refractivity (Wildman–Crippen MR) is 42.0 cm³/mol. The van der Waals surface area contributed by atoms with Crippen molar-refractivity contribution in [3.8, 4) is 0 Å². The van der Waals surface area contributed by atoms with Gasteiger partial charge in [-0.3, -0.25) is 10.6 Å². The van der Waals surface area contributed by atoms with Gasteiger partial charge in [0.25, 0.3) is 0 Å². The highest BCUT2D eigenvalue weighted by atomic mass is 16.2. The topological polar surface area (TPSA) is 51.2 Å². The average molecular weight is 158 g/mol. The number of carbonyl (C=O) groups is 1. The fourth-order valence-corrected chi connectivity index (χ4v) is 1.31. The van der Waals surface area contributed by atoms with Crippen LogP contribution in [0.25, 0.3) is 0 Å². The lowest BCUT2D eigenvalue weighted by atomic mass is 10.3. The molecule has 1 rings (SSSR count). The van der Waals surface area contributed by atoms with E-state index in [9.17, 15) is 4.79 Å². The third-order valence-electron chi connectivity index (χ3n) is 2.17. The largest absolute Gasteiger partial charge is 0.414 e. The van der Waals surface area contributed by atoms with Crippen molar-refractivity contribution in [2.75, 3.05) is 32.7 Å². The highest BCUT2D eigenvalue weighted by Gasteiger charge is 2.19. The highest BCUT2D eigenvalue weighted by molar-refractivity contribution is 5.62. The number of amides is 2. The third kappa shape index (κ3) is 2.17. The molecule has 0 atom stereocenters. The van der Waals surface area contributed by atoms with E-state index in [4.69, 9.17) is 0 Å². The highest BCUT2D eigenvalue weighted by Crippen LogP contribution is 1.98. The number of nitrogens with zero attached hydrogens (tertiary/aromatic N) is 2. The minimum Gasteiger partial charge on any atom is -0.300 e. The van der Waals surface area contributed by atoms with E-state index < -0.39 is 0 Å². The first kappa shape index (κ1) is 8.49. The first-order valence-corrected chi connectivity index (χ1v) is 4.07. The molecule has 0 unspecified atom stereocenters. The van der Waals surface area contributed by atoms with Gasteiger partial charge in [0.2, 0.25) is 0 Å². The summed E-state index contributed by atoms with van der Waals surface area (Å²) >= 11 is 0. The van der Waals surface area contributed by atoms with Crippen LogP contribution in [0.15, 0.2) is 0 Å². The Morgan fingerprint density at radius 3 is 2.27 bits per heavy atom. The minimum atomic E-state index is -0.0410. The molecule has 0 aromatic rings. The van der Waals surface area contributed by atoms with Crippen LogP contribution in [0.3, 0.4) is 0 Å².